The first kappa shape index (κ1) is 18.0. The van der Waals surface area contributed by atoms with Gasteiger partial charge in [-0.2, -0.15) is 0 Å². The van der Waals surface area contributed by atoms with Gasteiger partial charge in [0.05, 0.1) is 18.0 Å². The number of hydrogen-bond acceptors (Lipinski definition) is 5. The SMILES string of the molecule is CCOC(=O)/C=C/CC1(Cc2ccncc2)c2cccnc2-c2ncccc21. The van der Waals surface area contributed by atoms with E-state index in [1.165, 1.54) is 11.6 Å². The second-order valence-corrected chi connectivity index (χ2v) is 6.77. The Morgan fingerprint density at radius 2 is 1.64 bits per heavy atom. The van der Waals surface area contributed by atoms with Gasteiger partial charge in [-0.3, -0.25) is 15.0 Å². The summed E-state index contributed by atoms with van der Waals surface area (Å²) in [6.45, 7) is 2.17. The van der Waals surface area contributed by atoms with E-state index in [0.29, 0.717) is 13.0 Å². The molecular weight excluding hydrogens is 350 g/mol. The average Bonchev–Trinajstić information content (AvgIpc) is 3.00. The van der Waals surface area contributed by atoms with Gasteiger partial charge in [-0.15, -0.1) is 0 Å². The molecule has 0 saturated heterocycles. The number of ether oxygens (including phenoxy) is 1. The maximum Gasteiger partial charge on any atom is 0.330 e. The number of pyridine rings is 3. The number of hydrogen-bond donors (Lipinski definition) is 0. The van der Waals surface area contributed by atoms with Gasteiger partial charge >= 0.3 is 5.97 Å². The van der Waals surface area contributed by atoms with Gasteiger partial charge in [-0.05, 0) is 60.7 Å². The molecule has 0 bridgehead atoms. The van der Waals surface area contributed by atoms with Crippen molar-refractivity contribution in [3.8, 4) is 11.4 Å². The van der Waals surface area contributed by atoms with Crippen LogP contribution in [0.15, 0.2) is 73.3 Å². The average molecular weight is 371 g/mol. The maximum atomic E-state index is 11.8. The van der Waals surface area contributed by atoms with E-state index in [2.05, 4.69) is 27.1 Å². The van der Waals surface area contributed by atoms with Crippen LogP contribution in [-0.2, 0) is 21.4 Å². The van der Waals surface area contributed by atoms with Crippen LogP contribution in [0.5, 0.6) is 0 Å². The second kappa shape index (κ2) is 7.72. The molecule has 4 rings (SSSR count). The molecule has 28 heavy (non-hydrogen) atoms. The largest absolute Gasteiger partial charge is 0.463 e. The van der Waals surface area contributed by atoms with Crippen molar-refractivity contribution in [2.75, 3.05) is 6.61 Å². The molecule has 0 unspecified atom stereocenters. The van der Waals surface area contributed by atoms with Crippen LogP contribution in [-0.4, -0.2) is 27.5 Å². The number of carbonyl (C=O) groups is 1. The molecule has 1 aliphatic rings. The molecule has 3 aromatic rings. The van der Waals surface area contributed by atoms with E-state index >= 15 is 0 Å². The van der Waals surface area contributed by atoms with Crippen LogP contribution in [0.4, 0.5) is 0 Å². The zero-order chi connectivity index (χ0) is 19.4. The number of allylic oxidation sites excluding steroid dienone is 1. The molecular formula is C23H21N3O2. The van der Waals surface area contributed by atoms with Crippen molar-refractivity contribution >= 4 is 5.97 Å². The molecule has 0 aliphatic heterocycles. The van der Waals surface area contributed by atoms with Gasteiger partial charge in [0.2, 0.25) is 0 Å². The highest BCUT2D eigenvalue weighted by atomic mass is 16.5. The Hall–Kier alpha value is -3.34. The smallest absolute Gasteiger partial charge is 0.330 e. The first-order chi connectivity index (χ1) is 13.7. The molecule has 3 aromatic heterocycles. The van der Waals surface area contributed by atoms with E-state index < -0.39 is 0 Å². The Morgan fingerprint density at radius 1 is 1.00 bits per heavy atom. The molecule has 5 nitrogen and oxygen atoms in total. The van der Waals surface area contributed by atoms with E-state index in [1.807, 2.05) is 30.3 Å². The van der Waals surface area contributed by atoms with E-state index in [-0.39, 0.29) is 11.4 Å². The highest BCUT2D eigenvalue weighted by molar-refractivity contribution is 5.82. The fourth-order valence-electron chi connectivity index (χ4n) is 3.98. The Kier molecular flexibility index (Phi) is 4.98. The van der Waals surface area contributed by atoms with Gasteiger partial charge in [0.15, 0.2) is 0 Å². The van der Waals surface area contributed by atoms with Crippen LogP contribution in [0.25, 0.3) is 11.4 Å². The zero-order valence-corrected chi connectivity index (χ0v) is 15.7. The molecule has 0 saturated carbocycles. The summed E-state index contributed by atoms with van der Waals surface area (Å²) in [5.41, 5.74) is 4.92. The van der Waals surface area contributed by atoms with Gasteiger partial charge in [-0.25, -0.2) is 4.79 Å². The van der Waals surface area contributed by atoms with Crippen molar-refractivity contribution in [3.63, 3.8) is 0 Å². The third-order valence-corrected chi connectivity index (χ3v) is 5.13. The van der Waals surface area contributed by atoms with Crippen LogP contribution in [0.1, 0.15) is 30.0 Å². The molecule has 140 valence electrons. The van der Waals surface area contributed by atoms with Gasteiger partial charge in [0.1, 0.15) is 0 Å². The number of fused-ring (bicyclic) bond motifs is 3. The van der Waals surface area contributed by atoms with Crippen molar-refractivity contribution in [3.05, 3.63) is 90.0 Å². The minimum absolute atomic E-state index is 0.322. The normalized spacial score (nSPS) is 13.9. The number of esters is 1. The molecule has 3 heterocycles. The van der Waals surface area contributed by atoms with Crippen LogP contribution in [0.2, 0.25) is 0 Å². The topological polar surface area (TPSA) is 65.0 Å². The molecule has 5 heteroatoms. The summed E-state index contributed by atoms with van der Waals surface area (Å²) in [6.07, 6.45) is 12.0. The predicted molar refractivity (Wildman–Crippen MR) is 107 cm³/mol. The highest BCUT2D eigenvalue weighted by Crippen LogP contribution is 2.50. The lowest BCUT2D eigenvalue weighted by Crippen LogP contribution is -2.28. The van der Waals surface area contributed by atoms with E-state index in [9.17, 15) is 4.79 Å². The molecule has 1 aliphatic carbocycles. The van der Waals surface area contributed by atoms with Crippen molar-refractivity contribution in [2.45, 2.75) is 25.2 Å². The summed E-state index contributed by atoms with van der Waals surface area (Å²) in [7, 11) is 0. The summed E-state index contributed by atoms with van der Waals surface area (Å²) in [5.74, 6) is -0.322. The molecule has 0 aromatic carbocycles. The van der Waals surface area contributed by atoms with Crippen LogP contribution in [0.3, 0.4) is 0 Å². The third kappa shape index (κ3) is 3.20. The molecule has 0 amide bonds. The fraction of sp³-hybridized carbons (Fsp3) is 0.217. The van der Waals surface area contributed by atoms with Crippen molar-refractivity contribution in [2.24, 2.45) is 0 Å². The standard InChI is InChI=1S/C23H21N3O2/c1-2-28-20(27)8-3-11-23(16-17-9-14-24-15-10-17)18-6-4-12-25-21(18)22-19(23)7-5-13-26-22/h3-10,12-15H,2,11,16H2,1H3/b8-3+. The van der Waals surface area contributed by atoms with Gasteiger partial charge in [-0.1, -0.05) is 18.2 Å². The third-order valence-electron chi connectivity index (χ3n) is 5.13. The summed E-state index contributed by atoms with van der Waals surface area (Å²) < 4.78 is 5.04. The lowest BCUT2D eigenvalue weighted by molar-refractivity contribution is -0.137. The maximum absolute atomic E-state index is 11.8. The summed E-state index contributed by atoms with van der Waals surface area (Å²) in [5, 5.41) is 0. The number of carbonyl (C=O) groups excluding carboxylic acids is 1. The minimum Gasteiger partial charge on any atom is -0.463 e. The second-order valence-electron chi connectivity index (χ2n) is 6.77. The van der Waals surface area contributed by atoms with E-state index in [4.69, 9.17) is 4.74 Å². The van der Waals surface area contributed by atoms with Gasteiger partial charge in [0.25, 0.3) is 0 Å². The number of aromatic nitrogens is 3. The van der Waals surface area contributed by atoms with Crippen molar-refractivity contribution in [1.29, 1.82) is 0 Å². The first-order valence-corrected chi connectivity index (χ1v) is 9.38. The van der Waals surface area contributed by atoms with Crippen LogP contribution >= 0.6 is 0 Å². The molecule has 0 atom stereocenters. The van der Waals surface area contributed by atoms with Crippen LogP contribution < -0.4 is 0 Å². The summed E-state index contributed by atoms with van der Waals surface area (Å²) in [4.78, 5) is 25.2. The Balaban J connectivity index is 1.82. The monoisotopic (exact) mass is 371 g/mol. The lowest BCUT2D eigenvalue weighted by atomic mass is 9.71. The summed E-state index contributed by atoms with van der Waals surface area (Å²) >= 11 is 0. The molecule has 0 spiro atoms. The lowest BCUT2D eigenvalue weighted by Gasteiger charge is -2.31. The summed E-state index contributed by atoms with van der Waals surface area (Å²) in [6, 6.07) is 12.2. The van der Waals surface area contributed by atoms with Crippen molar-refractivity contribution < 1.29 is 9.53 Å². The van der Waals surface area contributed by atoms with E-state index in [0.717, 1.165) is 28.9 Å². The Labute approximate surface area is 164 Å². The Bertz CT molecular complexity index is 970. The molecule has 0 radical (unpaired) electrons. The first-order valence-electron chi connectivity index (χ1n) is 9.38. The van der Waals surface area contributed by atoms with Crippen molar-refractivity contribution in [1.82, 2.24) is 15.0 Å². The molecule has 0 fully saturated rings. The highest BCUT2D eigenvalue weighted by Gasteiger charge is 2.43. The fourth-order valence-corrected chi connectivity index (χ4v) is 3.98. The zero-order valence-electron chi connectivity index (χ0n) is 15.7. The van der Waals surface area contributed by atoms with Gasteiger partial charge in [0, 0.05) is 36.3 Å². The quantitative estimate of drug-likeness (QED) is 0.486. The predicted octanol–water partition coefficient (Wildman–Crippen LogP) is 3.89. The molecule has 0 N–H and O–H groups in total. The number of nitrogens with zero attached hydrogens (tertiary/aromatic N) is 3. The van der Waals surface area contributed by atoms with Crippen LogP contribution in [0, 0.1) is 0 Å². The van der Waals surface area contributed by atoms with Gasteiger partial charge < -0.3 is 4.74 Å². The van der Waals surface area contributed by atoms with E-state index in [1.54, 1.807) is 31.7 Å². The Morgan fingerprint density at radius 3 is 2.25 bits per heavy atom. The minimum atomic E-state index is -0.350. The number of rotatable bonds is 6.